The van der Waals surface area contributed by atoms with Gasteiger partial charge in [-0.2, -0.15) is 5.26 Å². The molecule has 0 aliphatic carbocycles. The molecule has 4 N–H and O–H groups in total. The maximum atomic E-state index is 15.0. The summed E-state index contributed by atoms with van der Waals surface area (Å²) in [7, 11) is 0. The Morgan fingerprint density at radius 1 is 1.09 bits per heavy atom. The standard InChI is InChI=1S/C27H28F2N4O2/c1-27(2,35)14-18-5-3-16(11-21(18)28)25-23(34)13-24(33-9-7-20(31)8-10-33)32-26(25)17-4-6-19(15-30)22(29)12-17/h3-6,11-13,20,35H,7-10,14,31H2,1-2H3,(H,32,34). The maximum Gasteiger partial charge on any atom is 0.141 e. The molecule has 1 fully saturated rings. The number of piperidine rings is 1. The number of hydrogen-bond donors (Lipinski definition) is 3. The summed E-state index contributed by atoms with van der Waals surface area (Å²) >= 11 is 0. The van der Waals surface area contributed by atoms with E-state index in [4.69, 9.17) is 16.0 Å². The van der Waals surface area contributed by atoms with Crippen LogP contribution in [0.2, 0.25) is 0 Å². The van der Waals surface area contributed by atoms with Gasteiger partial charge in [0.2, 0.25) is 0 Å². The molecule has 0 amide bonds. The summed E-state index contributed by atoms with van der Waals surface area (Å²) in [5.74, 6) is -0.857. The van der Waals surface area contributed by atoms with Crippen LogP contribution in [0.4, 0.5) is 14.6 Å². The average Bonchev–Trinajstić information content (AvgIpc) is 2.79. The van der Waals surface area contributed by atoms with Gasteiger partial charge in [-0.05, 0) is 56.0 Å². The molecular formula is C27H28F2N4O2. The first kappa shape index (κ1) is 24.6. The first-order valence-electron chi connectivity index (χ1n) is 11.5. The Balaban J connectivity index is 1.86. The number of aromatic nitrogens is 1. The highest BCUT2D eigenvalue weighted by Gasteiger charge is 2.24. The van der Waals surface area contributed by atoms with Crippen LogP contribution in [-0.2, 0) is 6.42 Å². The number of nitrogens with zero attached hydrogens (tertiary/aromatic N) is 3. The highest BCUT2D eigenvalue weighted by atomic mass is 19.1. The molecule has 35 heavy (non-hydrogen) atoms. The number of aromatic hydroxyl groups is 1. The van der Waals surface area contributed by atoms with Crippen LogP contribution in [0.5, 0.6) is 5.75 Å². The third kappa shape index (κ3) is 5.42. The molecule has 2 aromatic carbocycles. The number of benzene rings is 2. The van der Waals surface area contributed by atoms with Crippen LogP contribution in [0.25, 0.3) is 22.4 Å². The fourth-order valence-electron chi connectivity index (χ4n) is 4.37. The summed E-state index contributed by atoms with van der Waals surface area (Å²) < 4.78 is 29.5. The number of rotatable bonds is 5. The molecule has 4 rings (SSSR count). The monoisotopic (exact) mass is 478 g/mol. The van der Waals surface area contributed by atoms with Gasteiger partial charge >= 0.3 is 0 Å². The molecule has 0 atom stereocenters. The number of anilines is 1. The fourth-order valence-corrected chi connectivity index (χ4v) is 4.37. The van der Waals surface area contributed by atoms with Crippen LogP contribution >= 0.6 is 0 Å². The second-order valence-corrected chi connectivity index (χ2v) is 9.65. The zero-order valence-electron chi connectivity index (χ0n) is 19.7. The van der Waals surface area contributed by atoms with Gasteiger partial charge in [-0.25, -0.2) is 13.8 Å². The molecular weight excluding hydrogens is 450 g/mol. The molecule has 8 heteroatoms. The molecule has 1 saturated heterocycles. The van der Waals surface area contributed by atoms with Gasteiger partial charge in [0, 0.05) is 37.2 Å². The van der Waals surface area contributed by atoms with Crippen LogP contribution in [-0.4, -0.2) is 39.9 Å². The van der Waals surface area contributed by atoms with E-state index in [9.17, 15) is 19.0 Å². The average molecular weight is 479 g/mol. The van der Waals surface area contributed by atoms with Crippen molar-refractivity contribution in [3.63, 3.8) is 0 Å². The van der Waals surface area contributed by atoms with Crippen molar-refractivity contribution in [3.05, 3.63) is 65.2 Å². The molecule has 3 aromatic rings. The minimum Gasteiger partial charge on any atom is -0.507 e. The molecule has 1 aliphatic heterocycles. The maximum absolute atomic E-state index is 15.0. The van der Waals surface area contributed by atoms with E-state index in [-0.39, 0.29) is 35.0 Å². The lowest BCUT2D eigenvalue weighted by Crippen LogP contribution is -2.40. The van der Waals surface area contributed by atoms with Crippen molar-refractivity contribution in [2.24, 2.45) is 5.73 Å². The largest absolute Gasteiger partial charge is 0.507 e. The summed E-state index contributed by atoms with van der Waals surface area (Å²) in [4.78, 5) is 6.75. The van der Waals surface area contributed by atoms with Crippen molar-refractivity contribution < 1.29 is 19.0 Å². The Morgan fingerprint density at radius 3 is 2.34 bits per heavy atom. The summed E-state index contributed by atoms with van der Waals surface area (Å²) in [5, 5.41) is 30.3. The molecule has 0 unspecified atom stereocenters. The zero-order chi connectivity index (χ0) is 25.3. The van der Waals surface area contributed by atoms with Gasteiger partial charge < -0.3 is 20.8 Å². The fraction of sp³-hybridized carbons (Fsp3) is 0.333. The van der Waals surface area contributed by atoms with E-state index in [2.05, 4.69) is 0 Å². The Hall–Kier alpha value is -3.54. The molecule has 1 aliphatic rings. The molecule has 0 spiro atoms. The normalized spacial score (nSPS) is 14.7. The minimum atomic E-state index is -1.09. The molecule has 182 valence electrons. The van der Waals surface area contributed by atoms with Crippen LogP contribution in [0.15, 0.2) is 42.5 Å². The predicted octanol–water partition coefficient (Wildman–Crippen LogP) is 4.51. The van der Waals surface area contributed by atoms with Crippen molar-refractivity contribution in [1.82, 2.24) is 4.98 Å². The van der Waals surface area contributed by atoms with Gasteiger partial charge in [-0.1, -0.05) is 18.2 Å². The number of pyridine rings is 1. The first-order chi connectivity index (χ1) is 16.6. The summed E-state index contributed by atoms with van der Waals surface area (Å²) in [5.41, 5.74) is 6.39. The van der Waals surface area contributed by atoms with Crippen molar-refractivity contribution in [1.29, 1.82) is 5.26 Å². The van der Waals surface area contributed by atoms with E-state index in [1.54, 1.807) is 38.1 Å². The first-order valence-corrected chi connectivity index (χ1v) is 11.5. The van der Waals surface area contributed by atoms with E-state index in [0.717, 1.165) is 12.8 Å². The second kappa shape index (κ2) is 9.61. The van der Waals surface area contributed by atoms with Gasteiger partial charge in [0.25, 0.3) is 0 Å². The van der Waals surface area contributed by atoms with E-state index in [1.807, 2.05) is 4.90 Å². The van der Waals surface area contributed by atoms with Gasteiger partial charge in [-0.15, -0.1) is 0 Å². The van der Waals surface area contributed by atoms with Gasteiger partial charge in [0.15, 0.2) is 0 Å². The molecule has 0 bridgehead atoms. The highest BCUT2D eigenvalue weighted by Crippen LogP contribution is 2.41. The zero-order valence-corrected chi connectivity index (χ0v) is 19.7. The lowest BCUT2D eigenvalue weighted by molar-refractivity contribution is 0.0800. The number of nitriles is 1. The van der Waals surface area contributed by atoms with Crippen LogP contribution < -0.4 is 10.6 Å². The summed E-state index contributed by atoms with van der Waals surface area (Å²) in [6, 6.07) is 12.0. The molecule has 1 aromatic heterocycles. The number of hydrogen-bond acceptors (Lipinski definition) is 6. The molecule has 0 radical (unpaired) electrons. The molecule has 6 nitrogen and oxygen atoms in total. The van der Waals surface area contributed by atoms with Gasteiger partial charge in [0.05, 0.1) is 22.4 Å². The van der Waals surface area contributed by atoms with Crippen molar-refractivity contribution >= 4 is 5.82 Å². The van der Waals surface area contributed by atoms with Crippen LogP contribution in [0.1, 0.15) is 37.8 Å². The summed E-state index contributed by atoms with van der Waals surface area (Å²) in [6.45, 7) is 4.52. The SMILES string of the molecule is CC(C)(O)Cc1ccc(-c2c(O)cc(N3CCC(N)CC3)nc2-c2ccc(C#N)c(F)c2)cc1F. The van der Waals surface area contributed by atoms with E-state index < -0.39 is 17.2 Å². The van der Waals surface area contributed by atoms with Crippen molar-refractivity contribution in [2.75, 3.05) is 18.0 Å². The lowest BCUT2D eigenvalue weighted by atomic mass is 9.93. The Bertz CT molecular complexity index is 1290. The molecule has 2 heterocycles. The van der Waals surface area contributed by atoms with Crippen molar-refractivity contribution in [3.8, 4) is 34.2 Å². The second-order valence-electron chi connectivity index (χ2n) is 9.65. The van der Waals surface area contributed by atoms with E-state index in [0.29, 0.717) is 35.6 Å². The minimum absolute atomic E-state index is 0.108. The van der Waals surface area contributed by atoms with Crippen LogP contribution in [0.3, 0.4) is 0 Å². The number of aliphatic hydroxyl groups is 1. The Kier molecular flexibility index (Phi) is 6.75. The topological polar surface area (TPSA) is 106 Å². The summed E-state index contributed by atoms with van der Waals surface area (Å²) in [6.07, 6.45) is 1.67. The third-order valence-electron chi connectivity index (χ3n) is 6.18. The van der Waals surface area contributed by atoms with Crippen molar-refractivity contribution in [2.45, 2.75) is 44.8 Å². The number of halogens is 2. The molecule has 0 saturated carbocycles. The third-order valence-corrected chi connectivity index (χ3v) is 6.18. The smallest absolute Gasteiger partial charge is 0.141 e. The highest BCUT2D eigenvalue weighted by molar-refractivity contribution is 5.86. The quantitative estimate of drug-likeness (QED) is 0.498. The van der Waals surface area contributed by atoms with E-state index in [1.165, 1.54) is 24.3 Å². The number of nitrogens with two attached hydrogens (primary N) is 1. The Labute approximate surface area is 203 Å². The van der Waals surface area contributed by atoms with Gasteiger partial charge in [0.1, 0.15) is 29.3 Å². The Morgan fingerprint density at radius 2 is 1.74 bits per heavy atom. The lowest BCUT2D eigenvalue weighted by Gasteiger charge is -2.31. The van der Waals surface area contributed by atoms with Gasteiger partial charge in [-0.3, -0.25) is 0 Å². The predicted molar refractivity (Wildman–Crippen MR) is 131 cm³/mol. The van der Waals surface area contributed by atoms with Crippen LogP contribution in [0, 0.1) is 23.0 Å². The van der Waals surface area contributed by atoms with E-state index >= 15 is 0 Å².